The lowest BCUT2D eigenvalue weighted by Gasteiger charge is -2.08. The summed E-state index contributed by atoms with van der Waals surface area (Å²) < 4.78 is 7.64. The Morgan fingerprint density at radius 3 is 2.73 bits per heavy atom. The molecule has 15 heavy (non-hydrogen) atoms. The number of aryl methyl sites for hydroxylation is 1. The van der Waals surface area contributed by atoms with Gasteiger partial charge in [-0.3, -0.25) is 0 Å². The molecule has 0 aliphatic heterocycles. The van der Waals surface area contributed by atoms with Gasteiger partial charge in [-0.1, -0.05) is 13.3 Å². The van der Waals surface area contributed by atoms with Crippen molar-refractivity contribution in [3.05, 3.63) is 18.0 Å². The molecule has 0 fully saturated rings. The molecule has 0 aliphatic carbocycles. The third kappa shape index (κ3) is 2.85. The lowest BCUT2D eigenvalue weighted by molar-refractivity contribution is -0.699. The normalized spacial score (nSPS) is 10.3. The van der Waals surface area contributed by atoms with Crippen LogP contribution in [-0.2, 0) is 6.54 Å². The van der Waals surface area contributed by atoms with Crippen LogP contribution in [0.2, 0.25) is 0 Å². The van der Waals surface area contributed by atoms with Crippen molar-refractivity contribution in [3.63, 3.8) is 0 Å². The Hall–Kier alpha value is -1.25. The number of ether oxygens (including phenoxy) is 1. The van der Waals surface area contributed by atoms with E-state index in [0.29, 0.717) is 12.4 Å². The summed E-state index contributed by atoms with van der Waals surface area (Å²) >= 11 is 0. The highest BCUT2D eigenvalue weighted by Crippen LogP contribution is 2.26. The average molecular weight is 210 g/mol. The molecule has 1 heterocycles. The van der Waals surface area contributed by atoms with Gasteiger partial charge in [-0.2, -0.15) is 4.57 Å². The highest BCUT2D eigenvalue weighted by Gasteiger charge is 2.15. The predicted molar refractivity (Wildman–Crippen MR) is 59.1 cm³/mol. The smallest absolute Gasteiger partial charge is 0.228 e. The summed E-state index contributed by atoms with van der Waals surface area (Å²) in [6, 6.07) is 1.68. The van der Waals surface area contributed by atoms with Gasteiger partial charge in [-0.05, 0) is 13.3 Å². The van der Waals surface area contributed by atoms with Crippen molar-refractivity contribution in [2.75, 3.05) is 6.61 Å². The van der Waals surface area contributed by atoms with E-state index < -0.39 is 0 Å². The summed E-state index contributed by atoms with van der Waals surface area (Å²) in [5.74, 6) is 0.848. The van der Waals surface area contributed by atoms with Crippen molar-refractivity contribution < 1.29 is 14.4 Å². The maximum atomic E-state index is 9.67. The molecular weight excluding hydrogens is 190 g/mol. The fourth-order valence-corrected chi connectivity index (χ4v) is 1.50. The number of aromatic nitrogens is 1. The van der Waals surface area contributed by atoms with Gasteiger partial charge in [0.2, 0.25) is 11.4 Å². The fourth-order valence-electron chi connectivity index (χ4n) is 1.50. The first-order valence-electron chi connectivity index (χ1n) is 5.55. The van der Waals surface area contributed by atoms with Crippen molar-refractivity contribution in [2.24, 2.45) is 0 Å². The Morgan fingerprint density at radius 2 is 2.13 bits per heavy atom. The first kappa shape index (κ1) is 11.8. The molecule has 1 rings (SSSR count). The van der Waals surface area contributed by atoms with Crippen LogP contribution in [-0.4, -0.2) is 11.7 Å². The van der Waals surface area contributed by atoms with Crippen LogP contribution in [0.5, 0.6) is 11.5 Å². The van der Waals surface area contributed by atoms with E-state index >= 15 is 0 Å². The molecule has 1 aromatic rings. The van der Waals surface area contributed by atoms with Crippen molar-refractivity contribution >= 4 is 0 Å². The van der Waals surface area contributed by atoms with E-state index in [-0.39, 0.29) is 5.75 Å². The Balaban J connectivity index is 2.84. The lowest BCUT2D eigenvalue weighted by atomic mass is 10.3. The van der Waals surface area contributed by atoms with Gasteiger partial charge in [0.1, 0.15) is 6.54 Å². The molecule has 0 bridgehead atoms. The SMILES string of the molecule is CCCCOc1c(O)cc[n+](CC)c1C. The lowest BCUT2D eigenvalue weighted by Crippen LogP contribution is -2.35. The number of aromatic hydroxyl groups is 1. The monoisotopic (exact) mass is 210 g/mol. The first-order valence-corrected chi connectivity index (χ1v) is 5.55. The summed E-state index contributed by atoms with van der Waals surface area (Å²) in [4.78, 5) is 0. The topological polar surface area (TPSA) is 33.3 Å². The number of nitrogens with zero attached hydrogens (tertiary/aromatic N) is 1. The average Bonchev–Trinajstić information content (AvgIpc) is 2.23. The van der Waals surface area contributed by atoms with E-state index in [1.165, 1.54) is 0 Å². The quantitative estimate of drug-likeness (QED) is 0.597. The Kier molecular flexibility index (Phi) is 4.40. The number of pyridine rings is 1. The largest absolute Gasteiger partial charge is 0.504 e. The second-order valence-corrected chi connectivity index (χ2v) is 3.60. The molecule has 1 N–H and O–H groups in total. The van der Waals surface area contributed by atoms with Gasteiger partial charge in [-0.15, -0.1) is 0 Å². The maximum absolute atomic E-state index is 9.67. The van der Waals surface area contributed by atoms with E-state index in [2.05, 4.69) is 18.4 Å². The van der Waals surface area contributed by atoms with Crippen molar-refractivity contribution in [3.8, 4) is 11.5 Å². The molecule has 1 aromatic heterocycles. The molecule has 0 radical (unpaired) electrons. The second kappa shape index (κ2) is 5.59. The Morgan fingerprint density at radius 1 is 1.40 bits per heavy atom. The zero-order valence-electron chi connectivity index (χ0n) is 9.79. The first-order chi connectivity index (χ1) is 7.20. The highest BCUT2D eigenvalue weighted by atomic mass is 16.5. The molecule has 0 saturated carbocycles. The van der Waals surface area contributed by atoms with Crippen LogP contribution >= 0.6 is 0 Å². The van der Waals surface area contributed by atoms with Crippen LogP contribution in [0.4, 0.5) is 0 Å². The van der Waals surface area contributed by atoms with Crippen LogP contribution in [0, 0.1) is 6.92 Å². The molecule has 0 atom stereocenters. The maximum Gasteiger partial charge on any atom is 0.228 e. The standard InChI is InChI=1S/C12H19NO2/c1-4-6-9-15-12-10(3)13(5-2)8-7-11(12)14/h7-8H,4-6,9H2,1-3H3/p+1. The Labute approximate surface area is 91.3 Å². The molecular formula is C12H20NO2+. The molecule has 0 amide bonds. The van der Waals surface area contributed by atoms with Crippen LogP contribution in [0.1, 0.15) is 32.4 Å². The number of unbranched alkanes of at least 4 members (excludes halogenated alkanes) is 1. The molecule has 0 aromatic carbocycles. The summed E-state index contributed by atoms with van der Waals surface area (Å²) in [7, 11) is 0. The van der Waals surface area contributed by atoms with Gasteiger partial charge in [-0.25, -0.2) is 0 Å². The second-order valence-electron chi connectivity index (χ2n) is 3.60. The van der Waals surface area contributed by atoms with Gasteiger partial charge >= 0.3 is 0 Å². The highest BCUT2D eigenvalue weighted by molar-refractivity contribution is 5.38. The summed E-state index contributed by atoms with van der Waals surface area (Å²) in [6.07, 6.45) is 3.98. The molecule has 0 unspecified atom stereocenters. The molecule has 0 saturated heterocycles. The Bertz CT molecular complexity index is 324. The number of hydrogen-bond acceptors (Lipinski definition) is 2. The van der Waals surface area contributed by atoms with E-state index in [9.17, 15) is 5.11 Å². The molecule has 0 spiro atoms. The minimum Gasteiger partial charge on any atom is -0.504 e. The number of rotatable bonds is 5. The van der Waals surface area contributed by atoms with Crippen molar-refractivity contribution in [1.82, 2.24) is 0 Å². The van der Waals surface area contributed by atoms with Gasteiger partial charge in [0.15, 0.2) is 11.9 Å². The van der Waals surface area contributed by atoms with Crippen LogP contribution in [0.25, 0.3) is 0 Å². The minimum atomic E-state index is 0.230. The third-order valence-corrected chi connectivity index (χ3v) is 2.49. The van der Waals surface area contributed by atoms with E-state index in [0.717, 1.165) is 25.1 Å². The van der Waals surface area contributed by atoms with Crippen LogP contribution < -0.4 is 9.30 Å². The molecule has 0 aliphatic rings. The zero-order valence-corrected chi connectivity index (χ0v) is 9.79. The van der Waals surface area contributed by atoms with Gasteiger partial charge in [0.25, 0.3) is 0 Å². The minimum absolute atomic E-state index is 0.230. The third-order valence-electron chi connectivity index (χ3n) is 2.49. The van der Waals surface area contributed by atoms with Crippen molar-refractivity contribution in [1.29, 1.82) is 0 Å². The summed E-state index contributed by atoms with van der Waals surface area (Å²) in [5.41, 5.74) is 0.980. The summed E-state index contributed by atoms with van der Waals surface area (Å²) in [5, 5.41) is 9.67. The summed E-state index contributed by atoms with van der Waals surface area (Å²) in [6.45, 7) is 7.70. The molecule has 84 valence electrons. The zero-order chi connectivity index (χ0) is 11.3. The molecule has 3 heteroatoms. The van der Waals surface area contributed by atoms with Crippen LogP contribution in [0.15, 0.2) is 12.3 Å². The number of hydrogen-bond donors (Lipinski definition) is 1. The van der Waals surface area contributed by atoms with Gasteiger partial charge in [0, 0.05) is 13.0 Å². The predicted octanol–water partition coefficient (Wildman–Crippen LogP) is 2.19. The van der Waals surface area contributed by atoms with Crippen LogP contribution in [0.3, 0.4) is 0 Å². The molecule has 3 nitrogen and oxygen atoms in total. The van der Waals surface area contributed by atoms with Gasteiger partial charge in [0.05, 0.1) is 6.61 Å². The van der Waals surface area contributed by atoms with E-state index in [1.54, 1.807) is 6.07 Å². The van der Waals surface area contributed by atoms with Gasteiger partial charge < -0.3 is 9.84 Å². The van der Waals surface area contributed by atoms with Crippen molar-refractivity contribution in [2.45, 2.75) is 40.2 Å². The van der Waals surface area contributed by atoms with E-state index in [1.807, 2.05) is 13.1 Å². The fraction of sp³-hybridized carbons (Fsp3) is 0.583. The van der Waals surface area contributed by atoms with E-state index in [4.69, 9.17) is 4.74 Å².